The molecule has 2 aromatic rings. The van der Waals surface area contributed by atoms with Crippen LogP contribution in [0.25, 0.3) is 5.65 Å². The standard InChI is InChI=1S/C20H28N4O/c1-15(2)24-8-4-6-20(19(24)25)7-10-22(14-20)12-17-13-23-9-5-16(3)11-18(23)21-17/h5,9,11,13,15H,4,6-8,10,12,14H2,1-3H3. The minimum atomic E-state index is -0.154. The number of fused-ring (bicyclic) bond motifs is 1. The van der Waals surface area contributed by atoms with Gasteiger partial charge in [-0.05, 0) is 64.3 Å². The summed E-state index contributed by atoms with van der Waals surface area (Å²) in [7, 11) is 0. The van der Waals surface area contributed by atoms with Gasteiger partial charge in [-0.1, -0.05) is 0 Å². The fourth-order valence-corrected chi connectivity index (χ4v) is 4.51. The molecule has 134 valence electrons. The molecule has 1 amide bonds. The molecule has 2 saturated heterocycles. The summed E-state index contributed by atoms with van der Waals surface area (Å²) >= 11 is 0. The van der Waals surface area contributed by atoms with Gasteiger partial charge in [-0.25, -0.2) is 4.98 Å². The summed E-state index contributed by atoms with van der Waals surface area (Å²) in [5, 5.41) is 0. The second-order valence-corrected chi connectivity index (χ2v) is 8.14. The van der Waals surface area contributed by atoms with Gasteiger partial charge in [0.15, 0.2) is 0 Å². The molecule has 5 heteroatoms. The van der Waals surface area contributed by atoms with Crippen molar-refractivity contribution in [1.82, 2.24) is 19.2 Å². The number of carbonyl (C=O) groups is 1. The van der Waals surface area contributed by atoms with Crippen molar-refractivity contribution in [3.8, 4) is 0 Å². The Morgan fingerprint density at radius 2 is 2.12 bits per heavy atom. The summed E-state index contributed by atoms with van der Waals surface area (Å²) in [6.45, 7) is 9.96. The van der Waals surface area contributed by atoms with E-state index in [0.29, 0.717) is 11.9 Å². The second kappa shape index (κ2) is 6.13. The van der Waals surface area contributed by atoms with Crippen molar-refractivity contribution in [1.29, 1.82) is 0 Å². The highest BCUT2D eigenvalue weighted by Crippen LogP contribution is 2.41. The number of aryl methyl sites for hydroxylation is 1. The Balaban J connectivity index is 1.49. The van der Waals surface area contributed by atoms with Gasteiger partial charge in [0.2, 0.25) is 5.91 Å². The Labute approximate surface area is 149 Å². The first kappa shape index (κ1) is 16.6. The summed E-state index contributed by atoms with van der Waals surface area (Å²) < 4.78 is 2.08. The van der Waals surface area contributed by atoms with Crippen LogP contribution in [-0.2, 0) is 11.3 Å². The van der Waals surface area contributed by atoms with Crippen molar-refractivity contribution in [2.45, 2.75) is 52.6 Å². The highest BCUT2D eigenvalue weighted by molar-refractivity contribution is 5.84. The molecule has 2 aliphatic heterocycles. The van der Waals surface area contributed by atoms with Crippen molar-refractivity contribution in [3.63, 3.8) is 0 Å². The van der Waals surface area contributed by atoms with E-state index in [1.807, 2.05) is 0 Å². The van der Waals surface area contributed by atoms with E-state index in [2.05, 4.69) is 59.5 Å². The Bertz CT molecular complexity index is 796. The molecule has 1 atom stereocenters. The lowest BCUT2D eigenvalue weighted by Gasteiger charge is -2.41. The molecule has 25 heavy (non-hydrogen) atoms. The maximum atomic E-state index is 13.0. The normalized spacial score (nSPS) is 25.0. The van der Waals surface area contributed by atoms with Crippen molar-refractivity contribution in [2.24, 2.45) is 5.41 Å². The predicted octanol–water partition coefficient (Wildman–Crippen LogP) is 2.87. The van der Waals surface area contributed by atoms with Crippen LogP contribution in [0.15, 0.2) is 24.5 Å². The highest BCUT2D eigenvalue weighted by Gasteiger charge is 2.48. The zero-order valence-corrected chi connectivity index (χ0v) is 15.5. The van der Waals surface area contributed by atoms with E-state index in [0.717, 1.165) is 56.8 Å². The number of aromatic nitrogens is 2. The maximum Gasteiger partial charge on any atom is 0.230 e. The number of likely N-dealkylation sites (tertiary alicyclic amines) is 2. The number of hydrogen-bond donors (Lipinski definition) is 0. The summed E-state index contributed by atoms with van der Waals surface area (Å²) in [4.78, 5) is 22.3. The first-order valence-corrected chi connectivity index (χ1v) is 9.45. The number of rotatable bonds is 3. The smallest absolute Gasteiger partial charge is 0.230 e. The topological polar surface area (TPSA) is 40.9 Å². The molecular weight excluding hydrogens is 312 g/mol. The fraction of sp³-hybridized carbons (Fsp3) is 0.600. The number of carbonyl (C=O) groups excluding carboxylic acids is 1. The van der Waals surface area contributed by atoms with Crippen molar-refractivity contribution in [3.05, 3.63) is 35.8 Å². The molecule has 4 heterocycles. The monoisotopic (exact) mass is 340 g/mol. The van der Waals surface area contributed by atoms with Crippen molar-refractivity contribution in [2.75, 3.05) is 19.6 Å². The molecule has 4 rings (SSSR count). The minimum absolute atomic E-state index is 0.154. The molecule has 0 saturated carbocycles. The average Bonchev–Trinajstić information content (AvgIpc) is 3.14. The Kier molecular flexibility index (Phi) is 4.07. The summed E-state index contributed by atoms with van der Waals surface area (Å²) in [5.41, 5.74) is 3.17. The van der Waals surface area contributed by atoms with Gasteiger partial charge in [0.05, 0.1) is 11.1 Å². The molecule has 1 unspecified atom stereocenters. The van der Waals surface area contributed by atoms with Crippen LogP contribution in [0.5, 0.6) is 0 Å². The van der Waals surface area contributed by atoms with Gasteiger partial charge in [-0.3, -0.25) is 9.69 Å². The van der Waals surface area contributed by atoms with Gasteiger partial charge in [-0.15, -0.1) is 0 Å². The minimum Gasteiger partial charge on any atom is -0.340 e. The van der Waals surface area contributed by atoms with E-state index in [-0.39, 0.29) is 5.41 Å². The van der Waals surface area contributed by atoms with Crippen LogP contribution in [-0.4, -0.2) is 50.8 Å². The van der Waals surface area contributed by atoms with Crippen LogP contribution >= 0.6 is 0 Å². The van der Waals surface area contributed by atoms with E-state index < -0.39 is 0 Å². The fourth-order valence-electron chi connectivity index (χ4n) is 4.51. The molecule has 0 aliphatic carbocycles. The number of hydrogen-bond acceptors (Lipinski definition) is 3. The largest absolute Gasteiger partial charge is 0.340 e. The predicted molar refractivity (Wildman–Crippen MR) is 98.3 cm³/mol. The molecule has 0 N–H and O–H groups in total. The summed E-state index contributed by atoms with van der Waals surface area (Å²) in [6.07, 6.45) is 7.34. The molecule has 0 aromatic carbocycles. The Morgan fingerprint density at radius 3 is 2.92 bits per heavy atom. The van der Waals surface area contributed by atoms with Crippen LogP contribution in [0.2, 0.25) is 0 Å². The number of pyridine rings is 1. The van der Waals surface area contributed by atoms with Crippen LogP contribution in [0.3, 0.4) is 0 Å². The van der Waals surface area contributed by atoms with Crippen LogP contribution in [0.1, 0.15) is 44.4 Å². The second-order valence-electron chi connectivity index (χ2n) is 8.14. The average molecular weight is 340 g/mol. The molecule has 1 spiro atoms. The van der Waals surface area contributed by atoms with Crippen LogP contribution in [0.4, 0.5) is 0 Å². The molecule has 2 aromatic heterocycles. The van der Waals surface area contributed by atoms with Gasteiger partial charge in [0.25, 0.3) is 0 Å². The number of piperidine rings is 1. The Hall–Kier alpha value is -1.88. The molecule has 5 nitrogen and oxygen atoms in total. The first-order valence-electron chi connectivity index (χ1n) is 9.45. The third kappa shape index (κ3) is 2.95. The van der Waals surface area contributed by atoms with Gasteiger partial charge < -0.3 is 9.30 Å². The quantitative estimate of drug-likeness (QED) is 0.863. The first-order chi connectivity index (χ1) is 12.0. The van der Waals surface area contributed by atoms with Gasteiger partial charge in [0, 0.05) is 38.1 Å². The van der Waals surface area contributed by atoms with Crippen LogP contribution < -0.4 is 0 Å². The van der Waals surface area contributed by atoms with E-state index in [1.54, 1.807) is 0 Å². The van der Waals surface area contributed by atoms with E-state index >= 15 is 0 Å². The van der Waals surface area contributed by atoms with Gasteiger partial charge in [0.1, 0.15) is 5.65 Å². The lowest BCUT2D eigenvalue weighted by molar-refractivity contribution is -0.147. The zero-order chi connectivity index (χ0) is 17.6. The van der Waals surface area contributed by atoms with Gasteiger partial charge in [-0.2, -0.15) is 0 Å². The number of amides is 1. The highest BCUT2D eigenvalue weighted by atomic mass is 16.2. The van der Waals surface area contributed by atoms with Crippen LogP contribution in [0, 0.1) is 12.3 Å². The molecular formula is C20H28N4O. The lowest BCUT2D eigenvalue weighted by atomic mass is 9.78. The third-order valence-electron chi connectivity index (χ3n) is 5.88. The molecule has 0 bridgehead atoms. The van der Waals surface area contributed by atoms with E-state index in [1.165, 1.54) is 5.56 Å². The third-order valence-corrected chi connectivity index (χ3v) is 5.88. The van der Waals surface area contributed by atoms with Crippen molar-refractivity contribution < 1.29 is 4.79 Å². The maximum absolute atomic E-state index is 13.0. The van der Waals surface area contributed by atoms with E-state index in [4.69, 9.17) is 4.98 Å². The SMILES string of the molecule is Cc1ccn2cc(CN3CCC4(CCCN(C(C)C)C4=O)C3)nc2c1. The number of imidazole rings is 1. The molecule has 2 aliphatic rings. The molecule has 0 radical (unpaired) electrons. The van der Waals surface area contributed by atoms with E-state index in [9.17, 15) is 4.79 Å². The zero-order valence-electron chi connectivity index (χ0n) is 15.5. The Morgan fingerprint density at radius 1 is 1.28 bits per heavy atom. The lowest BCUT2D eigenvalue weighted by Crippen LogP contribution is -2.52. The van der Waals surface area contributed by atoms with Gasteiger partial charge >= 0.3 is 0 Å². The molecule has 2 fully saturated rings. The number of nitrogens with zero attached hydrogens (tertiary/aromatic N) is 4. The van der Waals surface area contributed by atoms with Crippen molar-refractivity contribution >= 4 is 11.6 Å². The summed E-state index contributed by atoms with van der Waals surface area (Å²) in [6, 6.07) is 4.52. The summed E-state index contributed by atoms with van der Waals surface area (Å²) in [5.74, 6) is 0.377.